The molecule has 0 aliphatic heterocycles. The largest absolute Gasteiger partial charge is 0.342 e. The molecule has 5 heteroatoms. The van der Waals surface area contributed by atoms with Gasteiger partial charge in [-0.25, -0.2) is 14.6 Å². The van der Waals surface area contributed by atoms with Gasteiger partial charge in [-0.05, 0) is 45.2 Å². The van der Waals surface area contributed by atoms with Crippen molar-refractivity contribution in [3.05, 3.63) is 71.8 Å². The Balaban J connectivity index is 0.000000367. The summed E-state index contributed by atoms with van der Waals surface area (Å²) >= 11 is 0. The van der Waals surface area contributed by atoms with Gasteiger partial charge in [0.25, 0.3) is 0 Å². The van der Waals surface area contributed by atoms with Crippen LogP contribution in [-0.2, 0) is 30.7 Å². The zero-order valence-electron chi connectivity index (χ0n) is 22.4. The monoisotopic (exact) mass is 486 g/mol. The first-order chi connectivity index (χ1) is 16.7. The minimum Gasteiger partial charge on any atom is -0.301 e. The van der Waals surface area contributed by atoms with Gasteiger partial charge >= 0.3 is 5.97 Å². The lowest BCUT2D eigenvalue weighted by Gasteiger charge is -2.31. The van der Waals surface area contributed by atoms with Crippen molar-refractivity contribution in [1.82, 2.24) is 0 Å². The van der Waals surface area contributed by atoms with Crippen molar-refractivity contribution < 1.29 is 24.7 Å². The maximum absolute atomic E-state index is 10.5. The van der Waals surface area contributed by atoms with Crippen LogP contribution in [-0.4, -0.2) is 11.2 Å². The first-order valence-electron chi connectivity index (χ1n) is 13.0. The summed E-state index contributed by atoms with van der Waals surface area (Å²) in [5.41, 5.74) is 1.19. The predicted molar refractivity (Wildman–Crippen MR) is 142 cm³/mol. The highest BCUT2D eigenvalue weighted by Gasteiger charge is 2.29. The van der Waals surface area contributed by atoms with Gasteiger partial charge in [-0.2, -0.15) is 5.26 Å². The number of benzene rings is 2. The zero-order valence-corrected chi connectivity index (χ0v) is 22.4. The molecule has 0 bridgehead atoms. The first kappa shape index (κ1) is 30.8. The molecule has 0 aliphatic carbocycles. The molecule has 1 N–H and O–H groups in total. The summed E-state index contributed by atoms with van der Waals surface area (Å²) in [6.45, 7) is 10.2. The van der Waals surface area contributed by atoms with Gasteiger partial charge in [-0.1, -0.05) is 119 Å². The van der Waals surface area contributed by atoms with Gasteiger partial charge in [0, 0.05) is 6.42 Å². The Morgan fingerprint density at radius 2 is 1.03 bits per heavy atom. The molecule has 0 radical (unpaired) electrons. The third-order valence-electron chi connectivity index (χ3n) is 5.98. The summed E-state index contributed by atoms with van der Waals surface area (Å²) in [5, 5.41) is 8.01. The van der Waals surface area contributed by atoms with Gasteiger partial charge in [0.2, 0.25) is 0 Å². The Kier molecular flexibility index (Phi) is 15.2. The van der Waals surface area contributed by atoms with E-state index in [1.54, 1.807) is 0 Å². The lowest BCUT2D eigenvalue weighted by Crippen LogP contribution is -2.29. The van der Waals surface area contributed by atoms with Crippen molar-refractivity contribution in [1.29, 1.82) is 0 Å². The molecule has 0 saturated carbocycles. The summed E-state index contributed by atoms with van der Waals surface area (Å²) in [6, 6.07) is 20.2. The fraction of sp³-hybridized carbons (Fsp3) is 0.567. The number of carbonyl (C=O) groups excluding carboxylic acids is 1. The SMILES string of the molecule is CC(C)(OOC(C)(C)c1ccccc1)c1ccccc1.CCCCCCCCCCCC(=O)OO. The second-order valence-electron chi connectivity index (χ2n) is 9.96. The number of rotatable bonds is 15. The Hall–Kier alpha value is -2.21. The molecule has 0 atom stereocenters. The molecule has 0 aromatic heterocycles. The van der Waals surface area contributed by atoms with Gasteiger partial charge in [0.15, 0.2) is 0 Å². The zero-order chi connectivity index (χ0) is 26.0. The van der Waals surface area contributed by atoms with Crippen LogP contribution in [0.4, 0.5) is 0 Å². The summed E-state index contributed by atoms with van der Waals surface area (Å²) in [6.07, 6.45) is 11.3. The fourth-order valence-electron chi connectivity index (χ4n) is 3.61. The summed E-state index contributed by atoms with van der Waals surface area (Å²) in [5.74, 6) is -0.516. The van der Waals surface area contributed by atoms with Crippen molar-refractivity contribution in [2.75, 3.05) is 0 Å². The Labute approximate surface area is 212 Å². The van der Waals surface area contributed by atoms with Gasteiger partial charge in [-0.3, -0.25) is 0 Å². The van der Waals surface area contributed by atoms with Crippen LogP contribution in [0.15, 0.2) is 60.7 Å². The molecule has 0 fully saturated rings. The Morgan fingerprint density at radius 1 is 0.657 bits per heavy atom. The van der Waals surface area contributed by atoms with E-state index in [1.165, 1.54) is 44.9 Å². The van der Waals surface area contributed by atoms with Crippen LogP contribution in [0.3, 0.4) is 0 Å². The molecule has 0 spiro atoms. The van der Waals surface area contributed by atoms with Crippen LogP contribution in [0.5, 0.6) is 0 Å². The third kappa shape index (κ3) is 13.5. The van der Waals surface area contributed by atoms with E-state index in [-0.39, 0.29) is 0 Å². The van der Waals surface area contributed by atoms with Gasteiger partial charge in [0.1, 0.15) is 11.2 Å². The van der Waals surface area contributed by atoms with Crippen LogP contribution in [0.25, 0.3) is 0 Å². The molecule has 0 amide bonds. The molecular weight excluding hydrogens is 440 g/mol. The normalized spacial score (nSPS) is 11.5. The molecule has 35 heavy (non-hydrogen) atoms. The summed E-state index contributed by atoms with van der Waals surface area (Å²) < 4.78 is 0. The van der Waals surface area contributed by atoms with E-state index in [9.17, 15) is 4.79 Å². The highest BCUT2D eigenvalue weighted by atomic mass is 17.2. The molecule has 0 aliphatic rings. The van der Waals surface area contributed by atoms with Crippen molar-refractivity contribution in [3.8, 4) is 0 Å². The predicted octanol–water partition coefficient (Wildman–Crippen LogP) is 8.73. The van der Waals surface area contributed by atoms with E-state index in [4.69, 9.17) is 15.0 Å². The third-order valence-corrected chi connectivity index (χ3v) is 5.98. The lowest BCUT2D eigenvalue weighted by molar-refractivity contribution is -0.410. The molecule has 0 saturated heterocycles. The fourth-order valence-corrected chi connectivity index (χ4v) is 3.61. The minimum atomic E-state index is -0.516. The van der Waals surface area contributed by atoms with Crippen LogP contribution >= 0.6 is 0 Å². The highest BCUT2D eigenvalue weighted by molar-refractivity contribution is 5.68. The van der Waals surface area contributed by atoms with E-state index in [2.05, 4.69) is 11.8 Å². The second-order valence-corrected chi connectivity index (χ2v) is 9.96. The summed E-state index contributed by atoms with van der Waals surface area (Å²) in [4.78, 5) is 25.6. The summed E-state index contributed by atoms with van der Waals surface area (Å²) in [7, 11) is 0. The minimum absolute atomic E-state index is 0.340. The standard InChI is InChI=1S/C18H22O2.C12H24O3/c1-17(2,15-11-7-5-8-12-15)19-20-18(3,4)16-13-9-6-10-14-16;1-2-3-4-5-6-7-8-9-10-11-12(13)15-14/h5-14H,1-4H3;14H,2-11H2,1H3. The number of hydrogen-bond donors (Lipinski definition) is 1. The Morgan fingerprint density at radius 3 is 1.40 bits per heavy atom. The number of hydrogen-bond acceptors (Lipinski definition) is 5. The van der Waals surface area contributed by atoms with Crippen molar-refractivity contribution in [3.63, 3.8) is 0 Å². The van der Waals surface area contributed by atoms with Gasteiger partial charge < -0.3 is 4.89 Å². The van der Waals surface area contributed by atoms with E-state index < -0.39 is 17.2 Å². The maximum atomic E-state index is 10.5. The first-order valence-corrected chi connectivity index (χ1v) is 13.0. The average Bonchev–Trinajstić information content (AvgIpc) is 2.88. The topological polar surface area (TPSA) is 65.0 Å². The molecule has 5 nitrogen and oxygen atoms in total. The smallest absolute Gasteiger partial charge is 0.301 e. The van der Waals surface area contributed by atoms with Crippen molar-refractivity contribution in [2.45, 2.75) is 110 Å². The molecule has 2 aromatic carbocycles. The molecule has 196 valence electrons. The second kappa shape index (κ2) is 17.3. The quantitative estimate of drug-likeness (QED) is 0.155. The highest BCUT2D eigenvalue weighted by Crippen LogP contribution is 2.31. The van der Waals surface area contributed by atoms with E-state index in [0.717, 1.165) is 24.0 Å². The molecule has 0 heterocycles. The molecule has 2 rings (SSSR count). The number of unbranched alkanes of at least 4 members (excludes halogenated alkanes) is 8. The van der Waals surface area contributed by atoms with Crippen LogP contribution in [0.2, 0.25) is 0 Å². The van der Waals surface area contributed by atoms with Crippen LogP contribution in [0.1, 0.15) is 110 Å². The van der Waals surface area contributed by atoms with E-state index in [1.807, 2.05) is 88.4 Å². The van der Waals surface area contributed by atoms with Crippen molar-refractivity contribution in [2.24, 2.45) is 0 Å². The van der Waals surface area contributed by atoms with Crippen LogP contribution < -0.4 is 0 Å². The average molecular weight is 487 g/mol. The van der Waals surface area contributed by atoms with Gasteiger partial charge in [0.05, 0.1) is 0 Å². The van der Waals surface area contributed by atoms with E-state index >= 15 is 0 Å². The molecular formula is C30H46O5. The lowest BCUT2D eigenvalue weighted by atomic mass is 9.98. The molecule has 2 aromatic rings. The molecule has 0 unspecified atom stereocenters. The van der Waals surface area contributed by atoms with Crippen LogP contribution in [0, 0.1) is 0 Å². The van der Waals surface area contributed by atoms with Crippen molar-refractivity contribution >= 4 is 5.97 Å². The Bertz CT molecular complexity index is 735. The van der Waals surface area contributed by atoms with Gasteiger partial charge in [-0.15, -0.1) is 0 Å². The van der Waals surface area contributed by atoms with E-state index in [0.29, 0.717) is 6.42 Å². The maximum Gasteiger partial charge on any atom is 0.342 e. The number of carbonyl (C=O) groups is 1.